The van der Waals surface area contributed by atoms with Crippen molar-refractivity contribution >= 4 is 45.4 Å². The van der Waals surface area contributed by atoms with E-state index in [1.807, 2.05) is 69.3 Å². The lowest BCUT2D eigenvalue weighted by Gasteiger charge is -2.35. The summed E-state index contributed by atoms with van der Waals surface area (Å²) in [5.74, 6) is 0.542. The number of nitrogens with zero attached hydrogens (tertiary/aromatic N) is 5. The van der Waals surface area contributed by atoms with Crippen LogP contribution in [0.4, 0.5) is 0 Å². The lowest BCUT2D eigenvalue weighted by Crippen LogP contribution is -2.48. The molecule has 1 saturated carbocycles. The third kappa shape index (κ3) is 6.71. The number of aromatic nitrogens is 4. The SMILES string of the molecule is COc1ccc2c(c1)C=C(c1c(C(=O)N3C[C@@H](C)O[C@@H](C)C3)nnn1C(C)C)Cn1c-2c(C2CCCCC2)c2ccc(C(=O)NS(=O)C(C)C)cc21. The van der Waals surface area contributed by atoms with Crippen molar-refractivity contribution in [2.75, 3.05) is 20.2 Å². The van der Waals surface area contributed by atoms with Gasteiger partial charge in [0.05, 0.1) is 37.3 Å². The average molecular weight is 727 g/mol. The Hall–Kier alpha value is -4.29. The van der Waals surface area contributed by atoms with Crippen LogP contribution < -0.4 is 9.46 Å². The Labute approximate surface area is 308 Å². The Bertz CT molecular complexity index is 2060. The molecular weight excluding hydrogens is 677 g/mol. The minimum atomic E-state index is -1.51. The highest BCUT2D eigenvalue weighted by molar-refractivity contribution is 7.84. The minimum absolute atomic E-state index is 0.0728. The molecule has 276 valence electrons. The number of amides is 2. The maximum Gasteiger partial charge on any atom is 0.276 e. The highest BCUT2D eigenvalue weighted by atomic mass is 32.2. The van der Waals surface area contributed by atoms with Crippen molar-refractivity contribution in [3.63, 3.8) is 0 Å². The van der Waals surface area contributed by atoms with E-state index in [1.54, 1.807) is 7.11 Å². The molecule has 1 aliphatic carbocycles. The summed E-state index contributed by atoms with van der Waals surface area (Å²) in [5.41, 5.74) is 7.67. The van der Waals surface area contributed by atoms with Gasteiger partial charge in [-0.25, -0.2) is 8.89 Å². The van der Waals surface area contributed by atoms with Crippen LogP contribution in [0.15, 0.2) is 36.4 Å². The molecule has 2 amide bonds. The fourth-order valence-corrected chi connectivity index (χ4v) is 8.72. The number of hydrogen-bond acceptors (Lipinski definition) is 7. The Morgan fingerprint density at radius 1 is 0.981 bits per heavy atom. The third-order valence-electron chi connectivity index (χ3n) is 10.6. The normalized spacial score (nSPS) is 20.0. The molecule has 2 fully saturated rings. The molecule has 1 unspecified atom stereocenters. The van der Waals surface area contributed by atoms with Crippen LogP contribution in [0.2, 0.25) is 0 Å². The number of fused-ring (bicyclic) bond motifs is 5. The molecule has 11 nitrogen and oxygen atoms in total. The number of benzene rings is 2. The predicted octanol–water partition coefficient (Wildman–Crippen LogP) is 7.14. The highest BCUT2D eigenvalue weighted by Gasteiger charge is 2.35. The van der Waals surface area contributed by atoms with Gasteiger partial charge in [-0.2, -0.15) is 0 Å². The van der Waals surface area contributed by atoms with Gasteiger partial charge in [-0.3, -0.25) is 14.3 Å². The van der Waals surface area contributed by atoms with Gasteiger partial charge >= 0.3 is 0 Å². The highest BCUT2D eigenvalue weighted by Crippen LogP contribution is 2.48. The quantitative estimate of drug-likeness (QED) is 0.205. The van der Waals surface area contributed by atoms with Gasteiger partial charge in [-0.05, 0) is 108 Å². The number of morpholine rings is 1. The Kier molecular flexibility index (Phi) is 10.1. The van der Waals surface area contributed by atoms with Gasteiger partial charge in [0.25, 0.3) is 11.8 Å². The van der Waals surface area contributed by atoms with Crippen molar-refractivity contribution in [2.45, 2.75) is 110 Å². The molecule has 2 aromatic heterocycles. The molecule has 2 aromatic carbocycles. The molecule has 7 rings (SSSR count). The molecule has 3 atom stereocenters. The molecule has 1 N–H and O–H groups in total. The molecule has 4 aromatic rings. The lowest BCUT2D eigenvalue weighted by molar-refractivity contribution is -0.0587. The fraction of sp³-hybridized carbons (Fsp3) is 0.500. The zero-order chi connectivity index (χ0) is 36.8. The molecular formula is C40H50N6O5S. The van der Waals surface area contributed by atoms with Crippen molar-refractivity contribution in [2.24, 2.45) is 0 Å². The molecule has 0 bridgehead atoms. The first-order chi connectivity index (χ1) is 24.9. The Balaban J connectivity index is 1.46. The van der Waals surface area contributed by atoms with Crippen LogP contribution in [0.1, 0.15) is 123 Å². The fourth-order valence-electron chi connectivity index (χ4n) is 8.19. The smallest absolute Gasteiger partial charge is 0.276 e. The van der Waals surface area contributed by atoms with Gasteiger partial charge in [0, 0.05) is 52.0 Å². The summed E-state index contributed by atoms with van der Waals surface area (Å²) in [6, 6.07) is 12.0. The summed E-state index contributed by atoms with van der Waals surface area (Å²) in [7, 11) is 0.164. The van der Waals surface area contributed by atoms with E-state index in [2.05, 4.69) is 43.9 Å². The van der Waals surface area contributed by atoms with Crippen LogP contribution in [-0.2, 0) is 22.3 Å². The standard InChI is InChI=1S/C40H50N6O5S/c1-23(2)46-37(36(41-43-46)40(48)44-20-25(5)51-26(6)21-44)30-17-29-18-31(50-7)14-16-32(29)38-35(27-11-9-8-10-12-27)33-15-13-28(19-34(33)45(38)22-30)39(47)42-52(49)24(3)4/h13-19,23-27H,8-12,20-22H2,1-7H3,(H,42,47)/t25-,26+,52?. The van der Waals surface area contributed by atoms with Crippen LogP contribution in [0, 0.1) is 0 Å². The van der Waals surface area contributed by atoms with E-state index in [0.29, 0.717) is 42.5 Å². The molecule has 0 radical (unpaired) electrons. The molecule has 4 heterocycles. The number of methoxy groups -OCH3 is 1. The number of ether oxygens (including phenoxy) is 2. The van der Waals surface area contributed by atoms with E-state index in [4.69, 9.17) is 9.47 Å². The Morgan fingerprint density at radius 3 is 2.38 bits per heavy atom. The van der Waals surface area contributed by atoms with Crippen molar-refractivity contribution in [1.29, 1.82) is 0 Å². The largest absolute Gasteiger partial charge is 0.497 e. The first kappa shape index (κ1) is 36.1. The number of carbonyl (C=O) groups excluding carboxylic acids is 2. The Morgan fingerprint density at radius 2 is 1.71 bits per heavy atom. The van der Waals surface area contributed by atoms with E-state index >= 15 is 0 Å². The monoisotopic (exact) mass is 726 g/mol. The van der Waals surface area contributed by atoms with Crippen LogP contribution in [-0.4, -0.2) is 78.1 Å². The minimum Gasteiger partial charge on any atom is -0.497 e. The molecule has 1 saturated heterocycles. The summed E-state index contributed by atoms with van der Waals surface area (Å²) in [5, 5.41) is 10.0. The van der Waals surface area contributed by atoms with E-state index in [1.165, 1.54) is 24.8 Å². The van der Waals surface area contributed by atoms with Crippen LogP contribution in [0.5, 0.6) is 5.75 Å². The summed E-state index contributed by atoms with van der Waals surface area (Å²) >= 11 is 0. The molecule has 12 heteroatoms. The van der Waals surface area contributed by atoms with Crippen molar-refractivity contribution in [1.82, 2.24) is 29.2 Å². The third-order valence-corrected chi connectivity index (χ3v) is 11.8. The number of carbonyl (C=O) groups is 2. The summed E-state index contributed by atoms with van der Waals surface area (Å²) < 4.78 is 31.2. The maximum absolute atomic E-state index is 14.4. The van der Waals surface area contributed by atoms with Gasteiger partial charge in [0.1, 0.15) is 16.7 Å². The lowest BCUT2D eigenvalue weighted by atomic mass is 9.81. The van der Waals surface area contributed by atoms with Crippen LogP contribution >= 0.6 is 0 Å². The van der Waals surface area contributed by atoms with Gasteiger partial charge in [-0.15, -0.1) is 5.10 Å². The van der Waals surface area contributed by atoms with Gasteiger partial charge in [0.15, 0.2) is 5.69 Å². The number of nitrogens with one attached hydrogen (secondary N) is 1. The predicted molar refractivity (Wildman–Crippen MR) is 205 cm³/mol. The number of hydrogen-bond donors (Lipinski definition) is 1. The van der Waals surface area contributed by atoms with Crippen LogP contribution in [0.3, 0.4) is 0 Å². The van der Waals surface area contributed by atoms with Gasteiger partial charge in [-0.1, -0.05) is 30.5 Å². The molecule has 3 aliphatic rings. The number of allylic oxidation sites excluding steroid dienone is 1. The van der Waals surface area contributed by atoms with Gasteiger partial charge in [0.2, 0.25) is 0 Å². The maximum atomic E-state index is 14.4. The zero-order valence-corrected chi connectivity index (χ0v) is 32.1. The average Bonchev–Trinajstić information content (AvgIpc) is 3.66. The van der Waals surface area contributed by atoms with E-state index in [0.717, 1.165) is 51.9 Å². The second kappa shape index (κ2) is 14.6. The molecule has 2 aliphatic heterocycles. The number of rotatable bonds is 8. The topological polar surface area (TPSA) is 121 Å². The van der Waals surface area contributed by atoms with Gasteiger partial charge < -0.3 is 18.9 Å². The van der Waals surface area contributed by atoms with E-state index in [9.17, 15) is 13.8 Å². The van der Waals surface area contributed by atoms with E-state index < -0.39 is 11.0 Å². The van der Waals surface area contributed by atoms with E-state index in [-0.39, 0.29) is 35.3 Å². The first-order valence-corrected chi connectivity index (χ1v) is 19.8. The summed E-state index contributed by atoms with van der Waals surface area (Å²) in [4.78, 5) is 29.7. The second-order valence-corrected chi connectivity index (χ2v) is 16.8. The molecule has 0 spiro atoms. The van der Waals surface area contributed by atoms with Crippen molar-refractivity contribution in [3.05, 3.63) is 64.5 Å². The van der Waals surface area contributed by atoms with Crippen molar-refractivity contribution in [3.8, 4) is 17.0 Å². The summed E-state index contributed by atoms with van der Waals surface area (Å²) in [6.45, 7) is 13.1. The second-order valence-electron chi connectivity index (χ2n) is 15.1. The first-order valence-electron chi connectivity index (χ1n) is 18.6. The van der Waals surface area contributed by atoms with Crippen molar-refractivity contribution < 1.29 is 23.3 Å². The summed E-state index contributed by atoms with van der Waals surface area (Å²) in [6.07, 6.45) is 7.71. The van der Waals surface area contributed by atoms with Crippen LogP contribution in [0.25, 0.3) is 33.8 Å². The zero-order valence-electron chi connectivity index (χ0n) is 31.3. The molecule has 52 heavy (non-hydrogen) atoms.